The number of aromatic nitrogens is 1. The molecule has 0 radical (unpaired) electrons. The number of carbonyl (C=O) groups excluding carboxylic acids is 2. The van der Waals surface area contributed by atoms with Gasteiger partial charge in [-0.2, -0.15) is 4.31 Å². The van der Waals surface area contributed by atoms with E-state index in [4.69, 9.17) is 4.74 Å². The monoisotopic (exact) mass is 446 g/mol. The molecule has 1 saturated heterocycles. The summed E-state index contributed by atoms with van der Waals surface area (Å²) in [6.07, 6.45) is 2.86. The van der Waals surface area contributed by atoms with Crippen molar-refractivity contribution in [3.05, 3.63) is 48.7 Å². The van der Waals surface area contributed by atoms with E-state index in [0.29, 0.717) is 31.0 Å². The van der Waals surface area contributed by atoms with Crippen molar-refractivity contribution in [2.24, 2.45) is 5.92 Å². The topological polar surface area (TPSA) is 118 Å². The minimum atomic E-state index is -3.70. The lowest BCUT2D eigenvalue weighted by molar-refractivity contribution is -0.126. The summed E-state index contributed by atoms with van der Waals surface area (Å²) in [6, 6.07) is 11.4. The molecule has 2 aromatic rings. The molecule has 166 valence electrons. The van der Waals surface area contributed by atoms with E-state index in [1.165, 1.54) is 23.5 Å². The van der Waals surface area contributed by atoms with Crippen LogP contribution in [0.3, 0.4) is 0 Å². The van der Waals surface area contributed by atoms with Crippen molar-refractivity contribution in [1.82, 2.24) is 14.6 Å². The third kappa shape index (κ3) is 6.02. The van der Waals surface area contributed by atoms with Crippen LogP contribution in [0, 0.1) is 5.92 Å². The zero-order valence-electron chi connectivity index (χ0n) is 17.3. The fourth-order valence-electron chi connectivity index (χ4n) is 3.36. The number of rotatable bonds is 8. The van der Waals surface area contributed by atoms with Crippen LogP contribution in [0.4, 0.5) is 5.82 Å². The van der Waals surface area contributed by atoms with Gasteiger partial charge in [-0.25, -0.2) is 13.4 Å². The number of hydrogen-bond acceptors (Lipinski definition) is 6. The standard InChI is InChI=1S/C21H26N4O5S/c1-30-17-7-9-18(10-8-17)31(28,29)25-14-4-5-16(15-25)21(27)23-13-11-20(26)24-19-6-2-3-12-22-19/h2-3,6-10,12,16H,4-5,11,13-15H2,1H3,(H,23,27)(H,22,24,26)/t16-/m1/s1. The first-order valence-corrected chi connectivity index (χ1v) is 11.5. The van der Waals surface area contributed by atoms with Crippen molar-refractivity contribution in [3.8, 4) is 5.75 Å². The Morgan fingerprint density at radius 3 is 2.65 bits per heavy atom. The van der Waals surface area contributed by atoms with Crippen molar-refractivity contribution in [2.75, 3.05) is 32.1 Å². The number of anilines is 1. The lowest BCUT2D eigenvalue weighted by atomic mass is 9.99. The molecule has 1 aromatic carbocycles. The summed E-state index contributed by atoms with van der Waals surface area (Å²) in [4.78, 5) is 28.7. The van der Waals surface area contributed by atoms with Gasteiger partial charge in [0.05, 0.1) is 17.9 Å². The van der Waals surface area contributed by atoms with E-state index in [1.54, 1.807) is 36.5 Å². The van der Waals surface area contributed by atoms with Gasteiger partial charge in [0, 0.05) is 32.3 Å². The second-order valence-electron chi connectivity index (χ2n) is 7.18. The van der Waals surface area contributed by atoms with E-state index in [2.05, 4.69) is 15.6 Å². The molecular weight excluding hydrogens is 420 g/mol. The molecule has 0 unspecified atom stereocenters. The number of benzene rings is 1. The van der Waals surface area contributed by atoms with Crippen LogP contribution in [0.5, 0.6) is 5.75 Å². The number of pyridine rings is 1. The third-order valence-electron chi connectivity index (χ3n) is 5.04. The molecule has 2 heterocycles. The van der Waals surface area contributed by atoms with E-state index in [1.807, 2.05) is 0 Å². The van der Waals surface area contributed by atoms with Crippen LogP contribution >= 0.6 is 0 Å². The highest BCUT2D eigenvalue weighted by Gasteiger charge is 2.33. The normalized spacial score (nSPS) is 17.0. The molecule has 1 fully saturated rings. The van der Waals surface area contributed by atoms with E-state index in [9.17, 15) is 18.0 Å². The molecular formula is C21H26N4O5S. The molecule has 0 bridgehead atoms. The Kier molecular flexibility index (Phi) is 7.59. The quantitative estimate of drug-likeness (QED) is 0.637. The Morgan fingerprint density at radius 1 is 1.19 bits per heavy atom. The molecule has 1 aliphatic heterocycles. The number of amides is 2. The Labute approximate surface area is 181 Å². The maximum absolute atomic E-state index is 12.9. The maximum atomic E-state index is 12.9. The summed E-state index contributed by atoms with van der Waals surface area (Å²) in [7, 11) is -2.18. The summed E-state index contributed by atoms with van der Waals surface area (Å²) in [5, 5.41) is 5.39. The van der Waals surface area contributed by atoms with Crippen LogP contribution in [0.2, 0.25) is 0 Å². The first-order chi connectivity index (χ1) is 14.9. The largest absolute Gasteiger partial charge is 0.497 e. The highest BCUT2D eigenvalue weighted by atomic mass is 32.2. The highest BCUT2D eigenvalue weighted by molar-refractivity contribution is 7.89. The van der Waals surface area contributed by atoms with Crippen LogP contribution in [-0.2, 0) is 19.6 Å². The van der Waals surface area contributed by atoms with Crippen molar-refractivity contribution >= 4 is 27.7 Å². The first kappa shape index (κ1) is 22.7. The van der Waals surface area contributed by atoms with Gasteiger partial charge in [-0.05, 0) is 49.2 Å². The smallest absolute Gasteiger partial charge is 0.243 e. The Balaban J connectivity index is 1.51. The highest BCUT2D eigenvalue weighted by Crippen LogP contribution is 2.25. The van der Waals surface area contributed by atoms with Crippen molar-refractivity contribution in [2.45, 2.75) is 24.2 Å². The lowest BCUT2D eigenvalue weighted by Crippen LogP contribution is -2.45. The Bertz CT molecular complexity index is 996. The molecule has 0 aliphatic carbocycles. The van der Waals surface area contributed by atoms with Crippen LogP contribution in [-0.4, -0.2) is 56.3 Å². The molecule has 0 saturated carbocycles. The molecule has 31 heavy (non-hydrogen) atoms. The van der Waals surface area contributed by atoms with Crippen LogP contribution < -0.4 is 15.4 Å². The number of ether oxygens (including phenoxy) is 1. The van der Waals surface area contributed by atoms with E-state index in [-0.39, 0.29) is 36.2 Å². The van der Waals surface area contributed by atoms with Gasteiger partial charge in [0.2, 0.25) is 21.8 Å². The van der Waals surface area contributed by atoms with Gasteiger partial charge in [-0.1, -0.05) is 6.07 Å². The van der Waals surface area contributed by atoms with E-state index in [0.717, 1.165) is 0 Å². The molecule has 0 spiro atoms. The third-order valence-corrected chi connectivity index (χ3v) is 6.92. The zero-order chi connectivity index (χ0) is 22.3. The average Bonchev–Trinajstić information content (AvgIpc) is 2.79. The molecule has 2 amide bonds. The number of carbonyl (C=O) groups is 2. The Hall–Kier alpha value is -2.98. The van der Waals surface area contributed by atoms with Gasteiger partial charge in [0.15, 0.2) is 0 Å². The molecule has 2 N–H and O–H groups in total. The van der Waals surface area contributed by atoms with E-state index < -0.39 is 15.9 Å². The zero-order valence-corrected chi connectivity index (χ0v) is 18.1. The van der Waals surface area contributed by atoms with Gasteiger partial charge in [0.25, 0.3) is 0 Å². The first-order valence-electron chi connectivity index (χ1n) is 10.0. The molecule has 10 heteroatoms. The second-order valence-corrected chi connectivity index (χ2v) is 9.12. The van der Waals surface area contributed by atoms with Crippen molar-refractivity contribution in [1.29, 1.82) is 0 Å². The fraction of sp³-hybridized carbons (Fsp3) is 0.381. The summed E-state index contributed by atoms with van der Waals surface area (Å²) in [5.41, 5.74) is 0. The van der Waals surface area contributed by atoms with Gasteiger partial charge >= 0.3 is 0 Å². The molecule has 1 aliphatic rings. The predicted octanol–water partition coefficient (Wildman–Crippen LogP) is 1.64. The summed E-state index contributed by atoms with van der Waals surface area (Å²) >= 11 is 0. The molecule has 1 atom stereocenters. The minimum absolute atomic E-state index is 0.100. The van der Waals surface area contributed by atoms with Crippen molar-refractivity contribution in [3.63, 3.8) is 0 Å². The summed E-state index contributed by atoms with van der Waals surface area (Å²) in [6.45, 7) is 0.643. The number of piperidine rings is 1. The van der Waals surface area contributed by atoms with E-state index >= 15 is 0 Å². The summed E-state index contributed by atoms with van der Waals surface area (Å²) < 4.78 is 32.3. The van der Waals surface area contributed by atoms with Gasteiger partial charge < -0.3 is 15.4 Å². The second kappa shape index (κ2) is 10.4. The molecule has 1 aromatic heterocycles. The summed E-state index contributed by atoms with van der Waals surface area (Å²) in [5.74, 6) is 0.0552. The number of nitrogens with one attached hydrogen (secondary N) is 2. The average molecular weight is 447 g/mol. The number of methoxy groups -OCH3 is 1. The predicted molar refractivity (Wildman–Crippen MR) is 115 cm³/mol. The molecule has 3 rings (SSSR count). The van der Waals surface area contributed by atoms with Crippen LogP contribution in [0.15, 0.2) is 53.6 Å². The maximum Gasteiger partial charge on any atom is 0.243 e. The van der Waals surface area contributed by atoms with Gasteiger partial charge in [-0.3, -0.25) is 9.59 Å². The number of nitrogens with zero attached hydrogens (tertiary/aromatic N) is 2. The number of sulfonamides is 1. The SMILES string of the molecule is COc1ccc(S(=O)(=O)N2CCC[C@@H](C(=O)NCCC(=O)Nc3ccccn3)C2)cc1. The van der Waals surface area contributed by atoms with Gasteiger partial charge in [0.1, 0.15) is 11.6 Å². The number of hydrogen-bond donors (Lipinski definition) is 2. The fourth-order valence-corrected chi connectivity index (χ4v) is 4.88. The Morgan fingerprint density at radius 2 is 1.97 bits per heavy atom. The van der Waals surface area contributed by atoms with Crippen LogP contribution in [0.25, 0.3) is 0 Å². The van der Waals surface area contributed by atoms with Gasteiger partial charge in [-0.15, -0.1) is 0 Å². The lowest BCUT2D eigenvalue weighted by Gasteiger charge is -2.31. The van der Waals surface area contributed by atoms with Crippen molar-refractivity contribution < 1.29 is 22.7 Å². The van der Waals surface area contributed by atoms with Crippen LogP contribution in [0.1, 0.15) is 19.3 Å². The molecule has 9 nitrogen and oxygen atoms in total. The minimum Gasteiger partial charge on any atom is -0.497 e.